The van der Waals surface area contributed by atoms with Crippen molar-refractivity contribution in [3.8, 4) is 0 Å². The summed E-state index contributed by atoms with van der Waals surface area (Å²) < 4.78 is 22.8. The third kappa shape index (κ3) is 37.4. The topological polar surface area (TPSA) is 228 Å². The maximum Gasteiger partial charge on any atom is 0.220 e. The van der Waals surface area contributed by atoms with Crippen molar-refractivity contribution in [3.05, 3.63) is 36.5 Å². The maximum atomic E-state index is 13.2. The Bertz CT molecular complexity index is 1500. The van der Waals surface area contributed by atoms with E-state index in [2.05, 4.69) is 43.5 Å². The lowest BCUT2D eigenvalue weighted by Gasteiger charge is -2.46. The number of amides is 1. The second-order valence-electron chi connectivity index (χ2n) is 23.9. The predicted molar refractivity (Wildman–Crippen MR) is 328 cm³/mol. The van der Waals surface area contributed by atoms with Gasteiger partial charge in [0.15, 0.2) is 12.6 Å². The van der Waals surface area contributed by atoms with Gasteiger partial charge in [0.1, 0.15) is 48.8 Å². The van der Waals surface area contributed by atoms with Crippen LogP contribution in [-0.4, -0.2) is 140 Å². The van der Waals surface area contributed by atoms with E-state index in [1.165, 1.54) is 205 Å². The second-order valence-corrected chi connectivity index (χ2v) is 23.9. The van der Waals surface area contributed by atoms with Crippen molar-refractivity contribution in [3.63, 3.8) is 0 Å². The smallest absolute Gasteiger partial charge is 0.220 e. The molecule has 0 aromatic carbocycles. The molecule has 2 aliphatic heterocycles. The molecule has 2 rings (SSSR count). The van der Waals surface area contributed by atoms with Crippen LogP contribution in [0.25, 0.3) is 0 Å². The van der Waals surface area contributed by atoms with Gasteiger partial charge in [-0.2, -0.15) is 0 Å². The molecule has 12 unspecified atom stereocenters. The summed E-state index contributed by atoms with van der Waals surface area (Å²) in [6, 6.07) is -0.936. The van der Waals surface area contributed by atoms with Gasteiger partial charge in [0.25, 0.3) is 0 Å². The van der Waals surface area contributed by atoms with Crippen LogP contribution in [-0.2, 0) is 23.7 Å². The quantitative estimate of drug-likeness (QED) is 0.0204. The maximum absolute atomic E-state index is 13.2. The second kappa shape index (κ2) is 52.5. The van der Waals surface area contributed by atoms with E-state index < -0.39 is 86.8 Å². The minimum absolute atomic E-state index is 0.256. The lowest BCUT2D eigenvalue weighted by Crippen LogP contribution is -2.65. The number of aliphatic hydroxyl groups is 8. The van der Waals surface area contributed by atoms with Crippen LogP contribution in [0, 0.1) is 0 Å². The third-order valence-corrected chi connectivity index (χ3v) is 16.5. The molecule has 14 heteroatoms. The fourth-order valence-corrected chi connectivity index (χ4v) is 11.1. The molecule has 2 aliphatic rings. The Balaban J connectivity index is 1.66. The molecule has 81 heavy (non-hydrogen) atoms. The number of allylic oxidation sites excluding steroid dienone is 5. The van der Waals surface area contributed by atoms with Crippen molar-refractivity contribution in [2.24, 2.45) is 0 Å². The molecule has 2 fully saturated rings. The van der Waals surface area contributed by atoms with Gasteiger partial charge in [-0.3, -0.25) is 4.79 Å². The lowest BCUT2D eigenvalue weighted by atomic mass is 9.97. The van der Waals surface area contributed by atoms with E-state index in [-0.39, 0.29) is 18.9 Å². The Morgan fingerprint density at radius 2 is 0.790 bits per heavy atom. The van der Waals surface area contributed by atoms with E-state index in [9.17, 15) is 45.6 Å². The summed E-state index contributed by atoms with van der Waals surface area (Å²) in [5, 5.41) is 87.2. The molecule has 2 heterocycles. The van der Waals surface area contributed by atoms with Crippen molar-refractivity contribution in [1.82, 2.24) is 5.32 Å². The zero-order chi connectivity index (χ0) is 58.8. The van der Waals surface area contributed by atoms with Gasteiger partial charge in [0, 0.05) is 6.42 Å². The molecule has 9 N–H and O–H groups in total. The average molecular weight is 1150 g/mol. The van der Waals surface area contributed by atoms with Gasteiger partial charge in [-0.1, -0.05) is 262 Å². The van der Waals surface area contributed by atoms with Gasteiger partial charge in [-0.15, -0.1) is 0 Å². The van der Waals surface area contributed by atoms with Crippen LogP contribution >= 0.6 is 0 Å². The highest BCUT2D eigenvalue weighted by molar-refractivity contribution is 5.76. The third-order valence-electron chi connectivity index (χ3n) is 16.5. The van der Waals surface area contributed by atoms with Gasteiger partial charge < -0.3 is 65.1 Å². The fourth-order valence-electron chi connectivity index (χ4n) is 11.1. The Morgan fingerprint density at radius 3 is 1.21 bits per heavy atom. The average Bonchev–Trinajstić information content (AvgIpc) is 3.65. The predicted octanol–water partition coefficient (Wildman–Crippen LogP) is 13.0. The first kappa shape index (κ1) is 75.3. The number of aliphatic hydroxyl groups excluding tert-OH is 8. The molecule has 0 saturated carbocycles. The number of hydrogen-bond acceptors (Lipinski definition) is 13. The molecule has 0 radical (unpaired) electrons. The molecule has 1 amide bonds. The standard InChI is InChI=1S/C67H125NO13/c1-3-5-7-9-11-13-15-17-19-20-21-22-23-24-25-26-27-28-29-30-31-32-33-34-35-36-37-38-40-42-44-46-48-50-56(71)55(68-59(72)51-49-47-45-43-41-39-18-16-14-12-10-8-6-4-2)54-78-66-64(77)62(75)65(58(53-70)80-66)81-67-63(76)61(74)60(73)57(52-69)79-67/h16,18,40,42,48,50,55-58,60-67,69-71,73-77H,3-15,17,19-39,41,43-47,49,51-54H2,1-2H3,(H,68,72)/b18-16-,42-40+,50-48+. The van der Waals surface area contributed by atoms with Crippen molar-refractivity contribution >= 4 is 5.91 Å². The van der Waals surface area contributed by atoms with Crippen molar-refractivity contribution in [1.29, 1.82) is 0 Å². The Morgan fingerprint density at radius 1 is 0.432 bits per heavy atom. The number of hydrogen-bond donors (Lipinski definition) is 9. The lowest BCUT2D eigenvalue weighted by molar-refractivity contribution is -0.359. The molecule has 0 spiro atoms. The van der Waals surface area contributed by atoms with Crippen LogP contribution in [0.15, 0.2) is 36.5 Å². The molecule has 12 atom stereocenters. The van der Waals surface area contributed by atoms with Gasteiger partial charge in [-0.25, -0.2) is 0 Å². The van der Waals surface area contributed by atoms with E-state index >= 15 is 0 Å². The molecule has 0 aromatic rings. The summed E-state index contributed by atoms with van der Waals surface area (Å²) in [5.74, 6) is -0.256. The number of carbonyl (C=O) groups is 1. The summed E-state index contributed by atoms with van der Waals surface area (Å²) in [7, 11) is 0. The van der Waals surface area contributed by atoms with Crippen LogP contribution in [0.1, 0.15) is 290 Å². The van der Waals surface area contributed by atoms with Crippen molar-refractivity contribution < 1.29 is 64.6 Å². The fraction of sp³-hybridized carbons (Fsp3) is 0.896. The zero-order valence-electron chi connectivity index (χ0n) is 51.5. The van der Waals surface area contributed by atoms with E-state index in [4.69, 9.17) is 18.9 Å². The number of unbranched alkanes of at least 4 members (excludes halogenated alkanes) is 38. The summed E-state index contributed by atoms with van der Waals surface area (Å²) in [4.78, 5) is 13.2. The van der Waals surface area contributed by atoms with Gasteiger partial charge in [-0.05, 0) is 57.8 Å². The SMILES string of the molecule is CCCCCCC/C=C\CCCCCCCC(=O)NC(COC1OC(CO)C(OC2OC(CO)C(O)C(O)C2O)C(O)C1O)C(O)/C=C/CC/C=C/CCCCCCCCCCCCCCCCCCCCCCCCCCCCC. The summed E-state index contributed by atoms with van der Waals surface area (Å²) in [5.41, 5.74) is 0. The van der Waals surface area contributed by atoms with Crippen LogP contribution in [0.4, 0.5) is 0 Å². The highest BCUT2D eigenvalue weighted by Gasteiger charge is 2.51. The number of nitrogens with one attached hydrogen (secondary N) is 1. The van der Waals surface area contributed by atoms with Gasteiger partial charge >= 0.3 is 0 Å². The molecule has 2 saturated heterocycles. The van der Waals surface area contributed by atoms with Crippen molar-refractivity contribution in [2.45, 2.75) is 364 Å². The van der Waals surface area contributed by atoms with Gasteiger partial charge in [0.2, 0.25) is 5.91 Å². The molecular weight excluding hydrogens is 1030 g/mol. The van der Waals surface area contributed by atoms with Crippen LogP contribution in [0.2, 0.25) is 0 Å². The summed E-state index contributed by atoms with van der Waals surface area (Å²) in [6.07, 6.45) is 49.4. The molecule has 14 nitrogen and oxygen atoms in total. The monoisotopic (exact) mass is 1150 g/mol. The van der Waals surface area contributed by atoms with Crippen LogP contribution < -0.4 is 5.32 Å². The van der Waals surface area contributed by atoms with E-state index in [1.54, 1.807) is 6.08 Å². The normalized spacial score (nSPS) is 24.3. The first-order valence-corrected chi connectivity index (χ1v) is 33.7. The number of ether oxygens (including phenoxy) is 4. The Kier molecular flexibility index (Phi) is 48.8. The molecule has 0 aromatic heterocycles. The van der Waals surface area contributed by atoms with E-state index in [0.717, 1.165) is 51.4 Å². The number of carbonyl (C=O) groups excluding carboxylic acids is 1. The van der Waals surface area contributed by atoms with E-state index in [1.807, 2.05) is 6.08 Å². The highest BCUT2D eigenvalue weighted by atomic mass is 16.7. The largest absolute Gasteiger partial charge is 0.394 e. The first-order valence-electron chi connectivity index (χ1n) is 33.7. The Labute approximate surface area is 493 Å². The zero-order valence-corrected chi connectivity index (χ0v) is 51.5. The Hall–Kier alpha value is -1.79. The molecular formula is C67H125NO13. The van der Waals surface area contributed by atoms with E-state index in [0.29, 0.717) is 12.8 Å². The molecule has 476 valence electrons. The summed E-state index contributed by atoms with van der Waals surface area (Å²) in [6.45, 7) is 2.79. The molecule has 0 aliphatic carbocycles. The van der Waals surface area contributed by atoms with Crippen LogP contribution in [0.5, 0.6) is 0 Å². The number of rotatable bonds is 55. The highest BCUT2D eigenvalue weighted by Crippen LogP contribution is 2.30. The first-order chi connectivity index (χ1) is 39.6. The summed E-state index contributed by atoms with van der Waals surface area (Å²) >= 11 is 0. The van der Waals surface area contributed by atoms with Crippen molar-refractivity contribution in [2.75, 3.05) is 19.8 Å². The minimum atomic E-state index is -1.79. The molecule has 0 bridgehead atoms. The van der Waals surface area contributed by atoms with Gasteiger partial charge in [0.05, 0.1) is 32.0 Å². The minimum Gasteiger partial charge on any atom is -0.394 e. The van der Waals surface area contributed by atoms with Crippen LogP contribution in [0.3, 0.4) is 0 Å².